The second-order valence-electron chi connectivity index (χ2n) is 4.23. The summed E-state index contributed by atoms with van der Waals surface area (Å²) in [4.78, 5) is -0.0666. The summed E-state index contributed by atoms with van der Waals surface area (Å²) < 4.78 is 29.6. The topological polar surface area (TPSA) is 80.4 Å². The molecule has 1 aliphatic carbocycles. The van der Waals surface area contributed by atoms with E-state index in [2.05, 4.69) is 6.58 Å². The molecular formula is C12H17NO3S. The minimum absolute atomic E-state index is 0.0556. The first kappa shape index (κ1) is 13.9. The first-order chi connectivity index (χ1) is 7.77. The highest BCUT2D eigenvalue weighted by molar-refractivity contribution is 7.85. The smallest absolute Gasteiger partial charge is 0.294 e. The molecule has 1 aliphatic rings. The summed E-state index contributed by atoms with van der Waals surface area (Å²) in [6.45, 7) is 5.41. The molecule has 0 spiro atoms. The molecular weight excluding hydrogens is 238 g/mol. The van der Waals surface area contributed by atoms with Gasteiger partial charge in [-0.05, 0) is 31.9 Å². The van der Waals surface area contributed by atoms with Crippen LogP contribution in [0.15, 0.2) is 41.8 Å². The third kappa shape index (κ3) is 4.68. The summed E-state index contributed by atoms with van der Waals surface area (Å²) in [5.41, 5.74) is 6.54. The first-order valence-electron chi connectivity index (χ1n) is 5.23. The molecule has 17 heavy (non-hydrogen) atoms. The molecule has 2 rings (SSSR count). The monoisotopic (exact) mass is 255 g/mol. The quantitative estimate of drug-likeness (QED) is 0.625. The van der Waals surface area contributed by atoms with Crippen LogP contribution < -0.4 is 5.73 Å². The zero-order chi connectivity index (χ0) is 13.1. The second-order valence-corrected chi connectivity index (χ2v) is 5.65. The molecule has 4 nitrogen and oxygen atoms in total. The normalized spacial score (nSPS) is 16.6. The lowest BCUT2D eigenvalue weighted by atomic mass is 10.2. The van der Waals surface area contributed by atoms with E-state index in [1.165, 1.54) is 12.1 Å². The minimum atomic E-state index is -4.02. The standard InChI is InChI=1S/C7H8O3S.C5H9N/c1-6-2-4-7(5-3-6)11(8,9)10;1-2-5(6)3-4-5/h2-5H,1H3,(H,8,9,10);2H,1,3-4,6H2. The zero-order valence-corrected chi connectivity index (χ0v) is 10.6. The molecule has 0 radical (unpaired) electrons. The zero-order valence-electron chi connectivity index (χ0n) is 9.76. The van der Waals surface area contributed by atoms with Gasteiger partial charge >= 0.3 is 0 Å². The number of hydrogen-bond donors (Lipinski definition) is 2. The Balaban J connectivity index is 0.000000202. The Morgan fingerprint density at radius 2 is 1.82 bits per heavy atom. The molecule has 0 amide bonds. The number of nitrogens with two attached hydrogens (primary N) is 1. The van der Waals surface area contributed by atoms with Crippen molar-refractivity contribution in [1.29, 1.82) is 0 Å². The van der Waals surface area contributed by atoms with Gasteiger partial charge in [-0.3, -0.25) is 4.55 Å². The lowest BCUT2D eigenvalue weighted by molar-refractivity contribution is 0.483. The summed E-state index contributed by atoms with van der Waals surface area (Å²) in [6, 6.07) is 5.99. The van der Waals surface area contributed by atoms with Gasteiger partial charge in [-0.1, -0.05) is 23.8 Å². The van der Waals surface area contributed by atoms with Crippen LogP contribution in [0.25, 0.3) is 0 Å². The molecule has 0 saturated heterocycles. The van der Waals surface area contributed by atoms with Gasteiger partial charge in [0, 0.05) is 5.54 Å². The van der Waals surface area contributed by atoms with E-state index >= 15 is 0 Å². The van der Waals surface area contributed by atoms with E-state index in [-0.39, 0.29) is 10.4 Å². The number of aryl methyl sites for hydroxylation is 1. The van der Waals surface area contributed by atoms with Crippen LogP contribution in [0.4, 0.5) is 0 Å². The van der Waals surface area contributed by atoms with Gasteiger partial charge in [0.2, 0.25) is 0 Å². The van der Waals surface area contributed by atoms with Crippen molar-refractivity contribution in [2.45, 2.75) is 30.2 Å². The predicted octanol–water partition coefficient (Wildman–Crippen LogP) is 1.91. The maximum Gasteiger partial charge on any atom is 0.294 e. The summed E-state index contributed by atoms with van der Waals surface area (Å²) in [5, 5.41) is 0. The van der Waals surface area contributed by atoms with Gasteiger partial charge in [-0.15, -0.1) is 6.58 Å². The van der Waals surface area contributed by atoms with Crippen molar-refractivity contribution in [1.82, 2.24) is 0 Å². The maximum absolute atomic E-state index is 10.5. The lowest BCUT2D eigenvalue weighted by Gasteiger charge is -1.95. The molecule has 0 unspecified atom stereocenters. The van der Waals surface area contributed by atoms with Gasteiger partial charge in [-0.2, -0.15) is 8.42 Å². The molecule has 1 aromatic carbocycles. The second kappa shape index (κ2) is 5.00. The fraction of sp³-hybridized carbons (Fsp3) is 0.333. The van der Waals surface area contributed by atoms with Crippen molar-refractivity contribution in [2.75, 3.05) is 0 Å². The van der Waals surface area contributed by atoms with E-state index in [0.29, 0.717) is 0 Å². The minimum Gasteiger partial charge on any atom is -0.322 e. The fourth-order valence-corrected chi connectivity index (χ4v) is 1.54. The van der Waals surface area contributed by atoms with Crippen molar-refractivity contribution in [3.8, 4) is 0 Å². The van der Waals surface area contributed by atoms with Crippen LogP contribution in [-0.4, -0.2) is 18.5 Å². The Bertz CT molecular complexity index is 487. The van der Waals surface area contributed by atoms with Crippen molar-refractivity contribution in [3.63, 3.8) is 0 Å². The molecule has 5 heteroatoms. The molecule has 1 fully saturated rings. The van der Waals surface area contributed by atoms with E-state index < -0.39 is 10.1 Å². The van der Waals surface area contributed by atoms with Gasteiger partial charge in [0.05, 0.1) is 4.90 Å². The summed E-state index contributed by atoms with van der Waals surface area (Å²) in [6.07, 6.45) is 4.10. The summed E-state index contributed by atoms with van der Waals surface area (Å²) in [5.74, 6) is 0. The molecule has 94 valence electrons. The van der Waals surface area contributed by atoms with Gasteiger partial charge in [-0.25, -0.2) is 0 Å². The molecule has 0 aromatic heterocycles. The Labute approximate surface area is 102 Å². The molecule has 3 N–H and O–H groups in total. The van der Waals surface area contributed by atoms with Crippen molar-refractivity contribution >= 4 is 10.1 Å². The van der Waals surface area contributed by atoms with Crippen LogP contribution in [0.3, 0.4) is 0 Å². The van der Waals surface area contributed by atoms with Gasteiger partial charge < -0.3 is 5.73 Å². The highest BCUT2D eigenvalue weighted by Gasteiger charge is 2.33. The summed E-state index contributed by atoms with van der Waals surface area (Å²) in [7, 11) is -4.02. The lowest BCUT2D eigenvalue weighted by Crippen LogP contribution is -2.16. The van der Waals surface area contributed by atoms with Crippen LogP contribution in [-0.2, 0) is 10.1 Å². The number of benzene rings is 1. The maximum atomic E-state index is 10.5. The van der Waals surface area contributed by atoms with Crippen LogP contribution in [0.1, 0.15) is 18.4 Å². The van der Waals surface area contributed by atoms with Gasteiger partial charge in [0.1, 0.15) is 0 Å². The van der Waals surface area contributed by atoms with Crippen molar-refractivity contribution in [3.05, 3.63) is 42.5 Å². The molecule has 0 atom stereocenters. The third-order valence-corrected chi connectivity index (χ3v) is 3.42. The van der Waals surface area contributed by atoms with Crippen molar-refractivity contribution in [2.24, 2.45) is 5.73 Å². The Hall–Kier alpha value is -1.17. The van der Waals surface area contributed by atoms with Gasteiger partial charge in [0.15, 0.2) is 0 Å². The Kier molecular flexibility index (Phi) is 4.08. The Morgan fingerprint density at radius 1 is 1.35 bits per heavy atom. The largest absolute Gasteiger partial charge is 0.322 e. The average molecular weight is 255 g/mol. The molecule has 0 heterocycles. The van der Waals surface area contributed by atoms with Gasteiger partial charge in [0.25, 0.3) is 10.1 Å². The first-order valence-corrected chi connectivity index (χ1v) is 6.67. The van der Waals surface area contributed by atoms with E-state index in [1.807, 2.05) is 13.0 Å². The van der Waals surface area contributed by atoms with E-state index in [1.54, 1.807) is 12.1 Å². The van der Waals surface area contributed by atoms with Crippen molar-refractivity contribution < 1.29 is 13.0 Å². The number of hydrogen-bond acceptors (Lipinski definition) is 3. The van der Waals surface area contributed by atoms with E-state index in [0.717, 1.165) is 18.4 Å². The number of rotatable bonds is 2. The summed E-state index contributed by atoms with van der Waals surface area (Å²) >= 11 is 0. The highest BCUT2D eigenvalue weighted by atomic mass is 32.2. The Morgan fingerprint density at radius 3 is 2.06 bits per heavy atom. The molecule has 0 bridgehead atoms. The SMILES string of the molecule is C=CC1(N)CC1.Cc1ccc(S(=O)(=O)O)cc1. The fourth-order valence-electron chi connectivity index (χ4n) is 1.06. The van der Waals surface area contributed by atoms with Crippen LogP contribution in [0.5, 0.6) is 0 Å². The van der Waals surface area contributed by atoms with Crippen LogP contribution in [0.2, 0.25) is 0 Å². The van der Waals surface area contributed by atoms with Crippen LogP contribution >= 0.6 is 0 Å². The average Bonchev–Trinajstić information content (AvgIpc) is 2.98. The van der Waals surface area contributed by atoms with E-state index in [9.17, 15) is 8.42 Å². The van der Waals surface area contributed by atoms with Crippen LogP contribution in [0, 0.1) is 6.92 Å². The van der Waals surface area contributed by atoms with E-state index in [4.69, 9.17) is 10.3 Å². The molecule has 1 saturated carbocycles. The third-order valence-electron chi connectivity index (χ3n) is 2.55. The predicted molar refractivity (Wildman–Crippen MR) is 67.3 cm³/mol. The molecule has 0 aliphatic heterocycles. The molecule has 1 aromatic rings. The highest BCUT2D eigenvalue weighted by Crippen LogP contribution is 2.32.